The highest BCUT2D eigenvalue weighted by molar-refractivity contribution is 4.89. The van der Waals surface area contributed by atoms with Crippen molar-refractivity contribution in [3.05, 3.63) is 0 Å². The Balaban J connectivity index is 2.96. The van der Waals surface area contributed by atoms with Crippen LogP contribution in [0.15, 0.2) is 0 Å². The van der Waals surface area contributed by atoms with Crippen molar-refractivity contribution in [2.75, 3.05) is 20.3 Å². The maximum Gasteiger partial charge on any atom is 0.157 e. The van der Waals surface area contributed by atoms with Gasteiger partial charge < -0.3 is 4.74 Å². The van der Waals surface area contributed by atoms with Crippen LogP contribution in [0.3, 0.4) is 0 Å². The molecule has 0 saturated heterocycles. The third kappa shape index (κ3) is 9.28. The lowest BCUT2D eigenvalue weighted by atomic mass is 10.4. The molecule has 0 fully saturated rings. The van der Waals surface area contributed by atoms with Crippen LogP contribution in [0.1, 0.15) is 19.8 Å². The minimum Gasteiger partial charge on any atom is -0.382 e. The van der Waals surface area contributed by atoms with Crippen molar-refractivity contribution in [1.29, 1.82) is 0 Å². The fraction of sp³-hybridized carbons (Fsp3) is 0.750. The molecule has 11 heavy (non-hydrogen) atoms. The van der Waals surface area contributed by atoms with Gasteiger partial charge in [0.2, 0.25) is 0 Å². The summed E-state index contributed by atoms with van der Waals surface area (Å²) >= 11 is 0. The molecule has 0 rings (SSSR count). The Hall–Kier alpha value is -0.720. The van der Waals surface area contributed by atoms with Crippen LogP contribution in [0, 0.1) is 12.0 Å². The first-order chi connectivity index (χ1) is 5.41. The molecule has 0 aliphatic heterocycles. The monoisotopic (exact) mass is 158 g/mol. The standard InChI is InChI=1S/C8H14O3/c1-3-4-5-6-10-11-8-7-9-2/h3-4,7-8H2,1-2H3. The van der Waals surface area contributed by atoms with E-state index in [4.69, 9.17) is 4.74 Å². The average Bonchev–Trinajstić information content (AvgIpc) is 2.03. The lowest BCUT2D eigenvalue weighted by Crippen LogP contribution is -1.99. The zero-order valence-corrected chi connectivity index (χ0v) is 7.05. The van der Waals surface area contributed by atoms with Crippen molar-refractivity contribution in [2.45, 2.75) is 19.8 Å². The van der Waals surface area contributed by atoms with Crippen molar-refractivity contribution in [2.24, 2.45) is 0 Å². The second-order valence-electron chi connectivity index (χ2n) is 1.93. The van der Waals surface area contributed by atoms with Crippen molar-refractivity contribution in [1.82, 2.24) is 0 Å². The quantitative estimate of drug-likeness (QED) is 0.261. The van der Waals surface area contributed by atoms with Crippen molar-refractivity contribution >= 4 is 0 Å². The Bertz CT molecular complexity index is 123. The predicted molar refractivity (Wildman–Crippen MR) is 41.6 cm³/mol. The third-order valence-corrected chi connectivity index (χ3v) is 0.919. The Kier molecular flexibility index (Phi) is 8.67. The lowest BCUT2D eigenvalue weighted by molar-refractivity contribution is -0.242. The van der Waals surface area contributed by atoms with E-state index < -0.39 is 0 Å². The van der Waals surface area contributed by atoms with Crippen molar-refractivity contribution < 1.29 is 14.5 Å². The number of unbranched alkanes of at least 4 members (excludes halogenated alkanes) is 1. The SMILES string of the molecule is CCCC#COOCCOC. The molecule has 0 saturated carbocycles. The topological polar surface area (TPSA) is 27.7 Å². The summed E-state index contributed by atoms with van der Waals surface area (Å²) in [5, 5.41) is 0. The summed E-state index contributed by atoms with van der Waals surface area (Å²) < 4.78 is 4.72. The molecular weight excluding hydrogens is 144 g/mol. The molecule has 0 bridgehead atoms. The largest absolute Gasteiger partial charge is 0.382 e. The number of ether oxygens (including phenoxy) is 1. The van der Waals surface area contributed by atoms with E-state index in [0.717, 1.165) is 12.8 Å². The first-order valence-electron chi connectivity index (χ1n) is 3.67. The van der Waals surface area contributed by atoms with E-state index in [1.54, 1.807) is 7.11 Å². The van der Waals surface area contributed by atoms with Gasteiger partial charge in [-0.3, -0.25) is 4.89 Å². The number of hydrogen-bond donors (Lipinski definition) is 0. The van der Waals surface area contributed by atoms with Crippen LogP contribution in [0.25, 0.3) is 0 Å². The van der Waals surface area contributed by atoms with E-state index in [1.165, 1.54) is 0 Å². The smallest absolute Gasteiger partial charge is 0.157 e. The molecular formula is C8H14O3. The normalized spacial score (nSPS) is 8.55. The molecule has 0 aromatic heterocycles. The van der Waals surface area contributed by atoms with Crippen LogP contribution in [0.4, 0.5) is 0 Å². The number of methoxy groups -OCH3 is 1. The molecule has 0 aliphatic rings. The summed E-state index contributed by atoms with van der Waals surface area (Å²) in [6.45, 7) is 2.99. The van der Waals surface area contributed by atoms with Gasteiger partial charge in [0.15, 0.2) is 6.11 Å². The van der Waals surface area contributed by atoms with Gasteiger partial charge in [-0.1, -0.05) is 12.8 Å². The van der Waals surface area contributed by atoms with E-state index >= 15 is 0 Å². The van der Waals surface area contributed by atoms with Crippen LogP contribution < -0.4 is 0 Å². The highest BCUT2D eigenvalue weighted by atomic mass is 17.2. The molecule has 0 aliphatic carbocycles. The summed E-state index contributed by atoms with van der Waals surface area (Å²) in [7, 11) is 1.60. The Morgan fingerprint density at radius 1 is 1.27 bits per heavy atom. The van der Waals surface area contributed by atoms with E-state index in [1.807, 2.05) is 0 Å². The predicted octanol–water partition coefficient (Wildman–Crippen LogP) is 1.34. The average molecular weight is 158 g/mol. The number of rotatable bonds is 5. The molecule has 0 aromatic carbocycles. The Morgan fingerprint density at radius 2 is 2.09 bits per heavy atom. The first-order valence-corrected chi connectivity index (χ1v) is 3.67. The fourth-order valence-electron chi connectivity index (χ4n) is 0.394. The molecule has 0 heterocycles. The molecule has 0 amide bonds. The minimum atomic E-state index is 0.414. The molecule has 0 spiro atoms. The highest BCUT2D eigenvalue weighted by Crippen LogP contribution is 1.82. The second kappa shape index (κ2) is 9.28. The Morgan fingerprint density at radius 3 is 2.73 bits per heavy atom. The van der Waals surface area contributed by atoms with Gasteiger partial charge in [-0.2, -0.15) is 4.89 Å². The summed E-state index contributed by atoms with van der Waals surface area (Å²) in [6, 6.07) is 0. The van der Waals surface area contributed by atoms with Crippen LogP contribution in [-0.2, 0) is 14.5 Å². The second-order valence-corrected chi connectivity index (χ2v) is 1.93. The van der Waals surface area contributed by atoms with Crippen molar-refractivity contribution in [3.8, 4) is 12.0 Å². The highest BCUT2D eigenvalue weighted by Gasteiger charge is 1.82. The maximum atomic E-state index is 4.72. The van der Waals surface area contributed by atoms with E-state index in [2.05, 4.69) is 28.7 Å². The molecule has 0 N–H and O–H groups in total. The van der Waals surface area contributed by atoms with E-state index in [0.29, 0.717) is 13.2 Å². The molecule has 0 unspecified atom stereocenters. The lowest BCUT2D eigenvalue weighted by Gasteiger charge is -1.95. The zero-order chi connectivity index (χ0) is 8.36. The molecule has 0 radical (unpaired) electrons. The molecule has 0 aromatic rings. The van der Waals surface area contributed by atoms with Crippen LogP contribution in [-0.4, -0.2) is 20.3 Å². The van der Waals surface area contributed by atoms with Crippen LogP contribution in [0.2, 0.25) is 0 Å². The fourth-order valence-corrected chi connectivity index (χ4v) is 0.394. The van der Waals surface area contributed by atoms with Gasteiger partial charge in [0.25, 0.3) is 0 Å². The van der Waals surface area contributed by atoms with Gasteiger partial charge >= 0.3 is 0 Å². The Labute approximate surface area is 67.6 Å². The molecule has 3 nitrogen and oxygen atoms in total. The third-order valence-electron chi connectivity index (χ3n) is 0.919. The van der Waals surface area contributed by atoms with Gasteiger partial charge in [0.05, 0.1) is 6.61 Å². The van der Waals surface area contributed by atoms with E-state index in [-0.39, 0.29) is 0 Å². The maximum absolute atomic E-state index is 4.72. The minimum absolute atomic E-state index is 0.414. The molecule has 0 atom stereocenters. The van der Waals surface area contributed by atoms with Crippen LogP contribution in [0.5, 0.6) is 0 Å². The van der Waals surface area contributed by atoms with Gasteiger partial charge in [0.1, 0.15) is 6.61 Å². The van der Waals surface area contributed by atoms with Crippen LogP contribution >= 0.6 is 0 Å². The zero-order valence-electron chi connectivity index (χ0n) is 7.05. The van der Waals surface area contributed by atoms with Gasteiger partial charge in [0, 0.05) is 13.5 Å². The molecule has 64 valence electrons. The van der Waals surface area contributed by atoms with Gasteiger partial charge in [-0.25, -0.2) is 0 Å². The summed E-state index contributed by atoms with van der Waals surface area (Å²) in [6.07, 6.45) is 4.29. The van der Waals surface area contributed by atoms with Gasteiger partial charge in [-0.05, 0) is 6.42 Å². The van der Waals surface area contributed by atoms with Gasteiger partial charge in [-0.15, -0.1) is 0 Å². The summed E-state index contributed by atoms with van der Waals surface area (Å²) in [5.74, 6) is 2.77. The summed E-state index contributed by atoms with van der Waals surface area (Å²) in [4.78, 5) is 9.12. The van der Waals surface area contributed by atoms with Crippen molar-refractivity contribution in [3.63, 3.8) is 0 Å². The molecule has 3 heteroatoms. The summed E-state index contributed by atoms with van der Waals surface area (Å²) in [5.41, 5.74) is 0. The number of hydrogen-bond acceptors (Lipinski definition) is 3. The first kappa shape index (κ1) is 10.3. The van der Waals surface area contributed by atoms with E-state index in [9.17, 15) is 0 Å².